The van der Waals surface area contributed by atoms with Crippen molar-refractivity contribution in [3.63, 3.8) is 0 Å². The van der Waals surface area contributed by atoms with Crippen molar-refractivity contribution in [2.24, 2.45) is 0 Å². The summed E-state index contributed by atoms with van der Waals surface area (Å²) in [6.07, 6.45) is -0.983. The molecule has 0 amide bonds. The molecule has 4 nitrogen and oxygen atoms in total. The third-order valence-corrected chi connectivity index (χ3v) is 4.61. The number of hydrogen-bond acceptors (Lipinski definition) is 4. The van der Waals surface area contributed by atoms with E-state index >= 15 is 0 Å². The van der Waals surface area contributed by atoms with Crippen LogP contribution in [-0.2, 0) is 14.3 Å². The molecule has 0 unspecified atom stereocenters. The van der Waals surface area contributed by atoms with Crippen LogP contribution in [0, 0.1) is 13.8 Å². The molecule has 2 rings (SSSR count). The van der Waals surface area contributed by atoms with Gasteiger partial charge in [-0.1, -0.05) is 48.0 Å². The number of benzene rings is 2. The van der Waals surface area contributed by atoms with Crippen molar-refractivity contribution < 1.29 is 17.7 Å². The Bertz CT molecular complexity index is 723. The fourth-order valence-electron chi connectivity index (χ4n) is 2.03. The number of rotatable bonds is 5. The van der Waals surface area contributed by atoms with Crippen molar-refractivity contribution >= 4 is 10.1 Å². The minimum absolute atomic E-state index is 0.126. The molecule has 0 aromatic heterocycles. The van der Waals surface area contributed by atoms with E-state index < -0.39 is 16.2 Å². The van der Waals surface area contributed by atoms with E-state index in [-0.39, 0.29) is 11.5 Å². The monoisotopic (exact) mass is 306 g/mol. The Morgan fingerprint density at radius 2 is 1.81 bits per heavy atom. The Balaban J connectivity index is 2.10. The number of aliphatic hydroxyl groups excluding tert-OH is 1. The van der Waals surface area contributed by atoms with Crippen LogP contribution in [0.15, 0.2) is 53.4 Å². The van der Waals surface area contributed by atoms with Crippen molar-refractivity contribution in [1.29, 1.82) is 0 Å². The zero-order chi connectivity index (χ0) is 15.5. The third-order valence-electron chi connectivity index (χ3n) is 3.17. The normalized spacial score (nSPS) is 13.1. The molecule has 112 valence electrons. The van der Waals surface area contributed by atoms with Gasteiger partial charge in [0.15, 0.2) is 0 Å². The molecule has 2 aromatic carbocycles. The lowest BCUT2D eigenvalue weighted by molar-refractivity contribution is 0.111. The molecule has 0 aliphatic rings. The van der Waals surface area contributed by atoms with Crippen LogP contribution in [-0.4, -0.2) is 20.1 Å². The first-order chi connectivity index (χ1) is 9.90. The molecule has 0 bridgehead atoms. The third kappa shape index (κ3) is 3.91. The summed E-state index contributed by atoms with van der Waals surface area (Å²) < 4.78 is 29.2. The van der Waals surface area contributed by atoms with Crippen LogP contribution >= 0.6 is 0 Å². The first-order valence-corrected chi connectivity index (χ1v) is 8.00. The van der Waals surface area contributed by atoms with Crippen molar-refractivity contribution in [2.75, 3.05) is 6.61 Å². The zero-order valence-corrected chi connectivity index (χ0v) is 12.8. The van der Waals surface area contributed by atoms with Crippen molar-refractivity contribution in [1.82, 2.24) is 0 Å². The number of aliphatic hydroxyl groups is 1. The lowest BCUT2D eigenvalue weighted by atomic mass is 10.1. The van der Waals surface area contributed by atoms with Crippen LogP contribution in [0.25, 0.3) is 0 Å². The first-order valence-electron chi connectivity index (χ1n) is 6.60. The van der Waals surface area contributed by atoms with Crippen LogP contribution in [0.1, 0.15) is 22.8 Å². The first kappa shape index (κ1) is 15.7. The van der Waals surface area contributed by atoms with E-state index in [2.05, 4.69) is 0 Å². The van der Waals surface area contributed by atoms with Gasteiger partial charge in [-0.15, -0.1) is 0 Å². The molecule has 0 heterocycles. The molecular formula is C16H18O4S. The van der Waals surface area contributed by atoms with E-state index in [1.165, 1.54) is 6.07 Å². The van der Waals surface area contributed by atoms with Gasteiger partial charge in [0, 0.05) is 0 Å². The Labute approximate surface area is 125 Å². The van der Waals surface area contributed by atoms with E-state index in [9.17, 15) is 13.5 Å². The highest BCUT2D eigenvalue weighted by atomic mass is 32.2. The van der Waals surface area contributed by atoms with Gasteiger partial charge in [-0.25, -0.2) is 0 Å². The van der Waals surface area contributed by atoms with Gasteiger partial charge < -0.3 is 5.11 Å². The largest absolute Gasteiger partial charge is 0.386 e. The summed E-state index contributed by atoms with van der Waals surface area (Å²) in [5.74, 6) is 0. The molecule has 21 heavy (non-hydrogen) atoms. The summed E-state index contributed by atoms with van der Waals surface area (Å²) >= 11 is 0. The smallest absolute Gasteiger partial charge is 0.297 e. The molecule has 0 aliphatic heterocycles. The van der Waals surface area contributed by atoms with Gasteiger partial charge in [0.25, 0.3) is 10.1 Å². The maximum Gasteiger partial charge on any atom is 0.297 e. The van der Waals surface area contributed by atoms with Gasteiger partial charge in [0.2, 0.25) is 0 Å². The van der Waals surface area contributed by atoms with E-state index in [1.807, 2.05) is 19.1 Å². The molecule has 0 radical (unpaired) electrons. The standard InChI is InChI=1S/C16H18O4S/c1-12-6-5-8-14(10-12)15(17)11-20-21(18,19)16-9-4-3-7-13(16)2/h3-10,15,17H,11H2,1-2H3/t15-/m1/s1. The fourth-order valence-corrected chi connectivity index (χ4v) is 3.17. The summed E-state index contributed by atoms with van der Waals surface area (Å²) in [5.41, 5.74) is 2.24. The number of hydrogen-bond donors (Lipinski definition) is 1. The Morgan fingerprint density at radius 1 is 1.10 bits per heavy atom. The molecule has 0 spiro atoms. The predicted molar refractivity (Wildman–Crippen MR) is 80.5 cm³/mol. The van der Waals surface area contributed by atoms with Crippen LogP contribution < -0.4 is 0 Å². The summed E-state index contributed by atoms with van der Waals surface area (Å²) in [6.45, 7) is 3.30. The topological polar surface area (TPSA) is 63.6 Å². The van der Waals surface area contributed by atoms with Crippen LogP contribution in [0.2, 0.25) is 0 Å². The Morgan fingerprint density at radius 3 is 2.48 bits per heavy atom. The molecule has 1 N–H and O–H groups in total. The summed E-state index contributed by atoms with van der Waals surface area (Å²) in [7, 11) is -3.86. The fraction of sp³-hybridized carbons (Fsp3) is 0.250. The second-order valence-electron chi connectivity index (χ2n) is 4.93. The molecule has 5 heteroatoms. The SMILES string of the molecule is Cc1cccc([C@H](O)COS(=O)(=O)c2ccccc2C)c1. The average Bonchev–Trinajstić information content (AvgIpc) is 2.45. The second-order valence-corrected chi connectivity index (χ2v) is 6.52. The average molecular weight is 306 g/mol. The highest BCUT2D eigenvalue weighted by Gasteiger charge is 2.19. The van der Waals surface area contributed by atoms with Gasteiger partial charge in [-0.3, -0.25) is 4.18 Å². The van der Waals surface area contributed by atoms with Crippen molar-refractivity contribution in [2.45, 2.75) is 24.8 Å². The van der Waals surface area contributed by atoms with E-state index in [0.717, 1.165) is 5.56 Å². The van der Waals surface area contributed by atoms with Crippen LogP contribution in [0.5, 0.6) is 0 Å². The van der Waals surface area contributed by atoms with Crippen LogP contribution in [0.3, 0.4) is 0 Å². The van der Waals surface area contributed by atoms with Gasteiger partial charge in [-0.2, -0.15) is 8.42 Å². The second kappa shape index (κ2) is 6.39. The quantitative estimate of drug-likeness (QED) is 0.863. The molecule has 2 aromatic rings. The highest BCUT2D eigenvalue weighted by molar-refractivity contribution is 7.86. The molecule has 0 aliphatic carbocycles. The Kier molecular flexibility index (Phi) is 4.77. The molecular weight excluding hydrogens is 288 g/mol. The minimum Gasteiger partial charge on any atom is -0.386 e. The Hall–Kier alpha value is -1.69. The molecule has 0 fully saturated rings. The van der Waals surface area contributed by atoms with Gasteiger partial charge in [0.05, 0.1) is 11.5 Å². The summed E-state index contributed by atoms with van der Waals surface area (Å²) in [4.78, 5) is 0.126. The number of aryl methyl sites for hydroxylation is 2. The molecule has 0 saturated heterocycles. The van der Waals surface area contributed by atoms with E-state index in [1.54, 1.807) is 37.3 Å². The van der Waals surface area contributed by atoms with Gasteiger partial charge >= 0.3 is 0 Å². The summed E-state index contributed by atoms with van der Waals surface area (Å²) in [6, 6.07) is 13.8. The maximum atomic E-state index is 12.1. The zero-order valence-electron chi connectivity index (χ0n) is 12.0. The van der Waals surface area contributed by atoms with Crippen LogP contribution in [0.4, 0.5) is 0 Å². The van der Waals surface area contributed by atoms with Crippen molar-refractivity contribution in [3.05, 3.63) is 65.2 Å². The van der Waals surface area contributed by atoms with E-state index in [0.29, 0.717) is 11.1 Å². The van der Waals surface area contributed by atoms with E-state index in [4.69, 9.17) is 4.18 Å². The lowest BCUT2D eigenvalue weighted by Crippen LogP contribution is -2.14. The predicted octanol–water partition coefficient (Wildman–Crippen LogP) is 2.74. The van der Waals surface area contributed by atoms with Crippen molar-refractivity contribution in [3.8, 4) is 0 Å². The highest BCUT2D eigenvalue weighted by Crippen LogP contribution is 2.20. The van der Waals surface area contributed by atoms with Gasteiger partial charge in [0.1, 0.15) is 6.10 Å². The lowest BCUT2D eigenvalue weighted by Gasteiger charge is -2.13. The molecule has 0 saturated carbocycles. The van der Waals surface area contributed by atoms with Gasteiger partial charge in [-0.05, 0) is 31.0 Å². The molecule has 1 atom stereocenters. The summed E-state index contributed by atoms with van der Waals surface area (Å²) in [5, 5.41) is 10.0. The minimum atomic E-state index is -3.86. The maximum absolute atomic E-state index is 12.1.